The summed E-state index contributed by atoms with van der Waals surface area (Å²) in [7, 11) is 0. The van der Waals surface area contributed by atoms with E-state index in [0.717, 1.165) is 10.4 Å². The highest BCUT2D eigenvalue weighted by atomic mass is 32.1. The first-order chi connectivity index (χ1) is 10.6. The molecule has 0 atom stereocenters. The van der Waals surface area contributed by atoms with E-state index in [2.05, 4.69) is 31.0 Å². The Hall–Kier alpha value is -2.62. The van der Waals surface area contributed by atoms with Crippen molar-refractivity contribution in [3.8, 4) is 5.00 Å². The van der Waals surface area contributed by atoms with Crippen molar-refractivity contribution in [1.82, 2.24) is 35.7 Å². The molecule has 1 N–H and O–H groups in total. The quantitative estimate of drug-likeness (QED) is 0.762. The number of carbonyl (C=O) groups excluding carboxylic acids is 1. The summed E-state index contributed by atoms with van der Waals surface area (Å²) in [6.07, 6.45) is 1.46. The van der Waals surface area contributed by atoms with E-state index in [1.165, 1.54) is 22.3 Å². The summed E-state index contributed by atoms with van der Waals surface area (Å²) in [5.74, 6) is 0.656. The molecule has 3 aromatic rings. The average Bonchev–Trinajstić information content (AvgIpc) is 3.19. The van der Waals surface area contributed by atoms with Crippen LogP contribution in [-0.2, 0) is 6.54 Å². The Balaban J connectivity index is 1.85. The van der Waals surface area contributed by atoms with Gasteiger partial charge in [-0.2, -0.15) is 9.67 Å². The second kappa shape index (κ2) is 5.64. The van der Waals surface area contributed by atoms with Crippen molar-refractivity contribution < 1.29 is 9.32 Å². The molecule has 114 valence electrons. The van der Waals surface area contributed by atoms with Crippen LogP contribution in [0, 0.1) is 20.8 Å². The van der Waals surface area contributed by atoms with E-state index in [1.807, 2.05) is 13.8 Å². The third-order valence-electron chi connectivity index (χ3n) is 3.12. The Morgan fingerprint density at radius 3 is 2.86 bits per heavy atom. The van der Waals surface area contributed by atoms with E-state index >= 15 is 0 Å². The van der Waals surface area contributed by atoms with E-state index in [9.17, 15) is 4.79 Å². The molecule has 0 aliphatic heterocycles. The second-order valence-corrected chi connectivity index (χ2v) is 5.84. The van der Waals surface area contributed by atoms with Gasteiger partial charge >= 0.3 is 0 Å². The predicted molar refractivity (Wildman–Crippen MR) is 76.7 cm³/mol. The van der Waals surface area contributed by atoms with Crippen LogP contribution < -0.4 is 5.32 Å². The maximum absolute atomic E-state index is 12.5. The van der Waals surface area contributed by atoms with Crippen LogP contribution in [-0.4, -0.2) is 36.3 Å². The first kappa shape index (κ1) is 14.3. The number of amides is 1. The zero-order valence-corrected chi connectivity index (χ0v) is 13.0. The van der Waals surface area contributed by atoms with E-state index < -0.39 is 0 Å². The first-order valence-electron chi connectivity index (χ1n) is 6.47. The van der Waals surface area contributed by atoms with Gasteiger partial charge in [-0.15, -0.1) is 16.4 Å². The molecule has 0 unspecified atom stereocenters. The molecule has 0 aliphatic rings. The van der Waals surface area contributed by atoms with Gasteiger partial charge in [-0.25, -0.2) is 0 Å². The summed E-state index contributed by atoms with van der Waals surface area (Å²) in [4.78, 5) is 17.6. The molecule has 10 heteroatoms. The van der Waals surface area contributed by atoms with Crippen molar-refractivity contribution in [2.45, 2.75) is 27.3 Å². The van der Waals surface area contributed by atoms with Gasteiger partial charge in [-0.1, -0.05) is 5.16 Å². The summed E-state index contributed by atoms with van der Waals surface area (Å²) in [5, 5.41) is 18.2. The minimum Gasteiger partial charge on any atom is -0.343 e. The molecular weight excluding hydrogens is 306 g/mol. The highest BCUT2D eigenvalue weighted by Crippen LogP contribution is 2.30. The van der Waals surface area contributed by atoms with Crippen LogP contribution in [0.5, 0.6) is 0 Å². The number of aryl methyl sites for hydroxylation is 2. The molecule has 3 heterocycles. The lowest BCUT2D eigenvalue weighted by Crippen LogP contribution is -2.24. The SMILES string of the molecule is Cc1noc(CNC(=O)c2c(-n3cnnn3)sc(C)c2C)n1. The number of aromatic nitrogens is 6. The van der Waals surface area contributed by atoms with Crippen molar-refractivity contribution in [2.24, 2.45) is 0 Å². The van der Waals surface area contributed by atoms with Gasteiger partial charge in [0.1, 0.15) is 11.3 Å². The third kappa shape index (κ3) is 2.60. The number of rotatable bonds is 4. The fourth-order valence-electron chi connectivity index (χ4n) is 1.95. The summed E-state index contributed by atoms with van der Waals surface area (Å²) in [6.45, 7) is 5.73. The van der Waals surface area contributed by atoms with Gasteiger partial charge in [0, 0.05) is 4.88 Å². The van der Waals surface area contributed by atoms with Gasteiger partial charge < -0.3 is 9.84 Å². The molecule has 3 rings (SSSR count). The van der Waals surface area contributed by atoms with Gasteiger partial charge in [-0.3, -0.25) is 4.79 Å². The third-order valence-corrected chi connectivity index (χ3v) is 4.32. The lowest BCUT2D eigenvalue weighted by Gasteiger charge is -2.05. The number of nitrogens with zero attached hydrogens (tertiary/aromatic N) is 6. The Morgan fingerprint density at radius 1 is 1.41 bits per heavy atom. The molecule has 0 fully saturated rings. The Bertz CT molecular complexity index is 806. The van der Waals surface area contributed by atoms with E-state index in [1.54, 1.807) is 6.92 Å². The molecule has 0 radical (unpaired) electrons. The van der Waals surface area contributed by atoms with Gasteiger partial charge in [0.25, 0.3) is 5.91 Å². The van der Waals surface area contributed by atoms with Crippen LogP contribution in [0.15, 0.2) is 10.9 Å². The molecule has 9 nitrogen and oxygen atoms in total. The molecule has 0 aromatic carbocycles. The van der Waals surface area contributed by atoms with Gasteiger partial charge in [0.15, 0.2) is 5.82 Å². The molecular formula is C12H13N7O2S. The summed E-state index contributed by atoms with van der Waals surface area (Å²) in [6, 6.07) is 0. The van der Waals surface area contributed by atoms with Crippen LogP contribution in [0.4, 0.5) is 0 Å². The predicted octanol–water partition coefficient (Wildman–Crippen LogP) is 0.962. The van der Waals surface area contributed by atoms with Crippen molar-refractivity contribution in [1.29, 1.82) is 0 Å². The lowest BCUT2D eigenvalue weighted by molar-refractivity contribution is 0.0946. The van der Waals surface area contributed by atoms with Crippen LogP contribution in [0.2, 0.25) is 0 Å². The molecule has 0 aliphatic carbocycles. The topological polar surface area (TPSA) is 112 Å². The highest BCUT2D eigenvalue weighted by Gasteiger charge is 2.21. The van der Waals surface area contributed by atoms with Gasteiger partial charge in [0.2, 0.25) is 5.89 Å². The minimum atomic E-state index is -0.233. The summed E-state index contributed by atoms with van der Waals surface area (Å²) >= 11 is 1.46. The molecule has 0 saturated heterocycles. The van der Waals surface area contributed by atoms with Crippen LogP contribution in [0.25, 0.3) is 5.00 Å². The fraction of sp³-hybridized carbons (Fsp3) is 0.333. The number of hydrogen-bond acceptors (Lipinski definition) is 8. The highest BCUT2D eigenvalue weighted by molar-refractivity contribution is 7.15. The van der Waals surface area contributed by atoms with Crippen molar-refractivity contribution in [3.05, 3.63) is 34.0 Å². The minimum absolute atomic E-state index is 0.170. The Kier molecular flexibility index (Phi) is 3.67. The molecule has 22 heavy (non-hydrogen) atoms. The van der Waals surface area contributed by atoms with Gasteiger partial charge in [0.05, 0.1) is 12.1 Å². The normalized spacial score (nSPS) is 10.9. The van der Waals surface area contributed by atoms with E-state index in [4.69, 9.17) is 4.52 Å². The van der Waals surface area contributed by atoms with Gasteiger partial charge in [-0.05, 0) is 36.8 Å². The number of nitrogens with one attached hydrogen (secondary N) is 1. The zero-order chi connectivity index (χ0) is 15.7. The Morgan fingerprint density at radius 2 is 2.23 bits per heavy atom. The maximum atomic E-state index is 12.5. The monoisotopic (exact) mass is 319 g/mol. The maximum Gasteiger partial charge on any atom is 0.255 e. The fourth-order valence-corrected chi connectivity index (χ4v) is 3.02. The number of tetrazole rings is 1. The molecule has 0 spiro atoms. The number of hydrogen-bond donors (Lipinski definition) is 1. The summed E-state index contributed by atoms with van der Waals surface area (Å²) in [5.41, 5.74) is 1.45. The van der Waals surface area contributed by atoms with Crippen molar-refractivity contribution in [2.75, 3.05) is 0 Å². The van der Waals surface area contributed by atoms with Crippen LogP contribution in [0.1, 0.15) is 32.5 Å². The van der Waals surface area contributed by atoms with Crippen molar-refractivity contribution in [3.63, 3.8) is 0 Å². The molecule has 0 saturated carbocycles. The smallest absolute Gasteiger partial charge is 0.255 e. The van der Waals surface area contributed by atoms with E-state index in [-0.39, 0.29) is 12.5 Å². The largest absolute Gasteiger partial charge is 0.343 e. The summed E-state index contributed by atoms with van der Waals surface area (Å²) < 4.78 is 6.46. The molecule has 1 amide bonds. The first-order valence-corrected chi connectivity index (χ1v) is 7.28. The molecule has 3 aromatic heterocycles. The lowest BCUT2D eigenvalue weighted by atomic mass is 10.1. The second-order valence-electron chi connectivity index (χ2n) is 4.64. The molecule has 0 bridgehead atoms. The van der Waals surface area contributed by atoms with Crippen molar-refractivity contribution >= 4 is 17.2 Å². The number of carbonyl (C=O) groups is 1. The van der Waals surface area contributed by atoms with Crippen LogP contribution in [0.3, 0.4) is 0 Å². The van der Waals surface area contributed by atoms with Crippen LogP contribution >= 0.6 is 11.3 Å². The zero-order valence-electron chi connectivity index (χ0n) is 12.2. The standard InChI is InChI=1S/C12H13N7O2S/c1-6-7(2)22-12(19-5-14-17-18-19)10(6)11(20)13-4-9-15-8(3)16-21-9/h5H,4H2,1-3H3,(H,13,20). The average molecular weight is 319 g/mol. The van der Waals surface area contributed by atoms with E-state index in [0.29, 0.717) is 22.3 Å². The Labute approximate surface area is 129 Å². The number of thiophene rings is 1.